The Morgan fingerprint density at radius 1 is 1.17 bits per heavy atom. The molecular formula is C18H21N3O3. The molecule has 0 atom stereocenters. The lowest BCUT2D eigenvalue weighted by molar-refractivity contribution is 0.0938. The second-order valence-electron chi connectivity index (χ2n) is 5.44. The highest BCUT2D eigenvalue weighted by molar-refractivity contribution is 6.06. The van der Waals surface area contributed by atoms with Crippen LogP contribution in [0.3, 0.4) is 0 Å². The maximum absolute atomic E-state index is 12.4. The number of aromatic nitrogens is 1. The molecule has 126 valence electrons. The molecule has 2 rings (SSSR count). The lowest BCUT2D eigenvalue weighted by atomic mass is 10.2. The van der Waals surface area contributed by atoms with Gasteiger partial charge in [-0.25, -0.2) is 0 Å². The molecule has 6 nitrogen and oxygen atoms in total. The molecule has 0 spiro atoms. The van der Waals surface area contributed by atoms with Crippen molar-refractivity contribution < 1.29 is 14.3 Å². The molecule has 1 aromatic carbocycles. The number of hydrogen-bond donors (Lipinski definition) is 2. The first-order valence-corrected chi connectivity index (χ1v) is 7.81. The topological polar surface area (TPSA) is 80.3 Å². The molecule has 0 bridgehead atoms. The maximum Gasteiger partial charge on any atom is 0.270 e. The zero-order valence-electron chi connectivity index (χ0n) is 14.0. The number of para-hydroxylation sites is 2. The van der Waals surface area contributed by atoms with Crippen molar-refractivity contribution in [2.45, 2.75) is 26.8 Å². The Labute approximate surface area is 141 Å². The van der Waals surface area contributed by atoms with Crippen molar-refractivity contribution in [3.8, 4) is 5.75 Å². The van der Waals surface area contributed by atoms with E-state index in [1.807, 2.05) is 32.9 Å². The number of hydrogen-bond acceptors (Lipinski definition) is 4. The fourth-order valence-electron chi connectivity index (χ4n) is 2.08. The molecule has 2 amide bonds. The van der Waals surface area contributed by atoms with E-state index >= 15 is 0 Å². The van der Waals surface area contributed by atoms with Gasteiger partial charge in [-0.05, 0) is 45.0 Å². The van der Waals surface area contributed by atoms with Crippen LogP contribution in [0.5, 0.6) is 5.75 Å². The lowest BCUT2D eigenvalue weighted by Gasteiger charge is -2.12. The van der Waals surface area contributed by atoms with Crippen LogP contribution >= 0.6 is 0 Å². The summed E-state index contributed by atoms with van der Waals surface area (Å²) in [6.45, 7) is 6.10. The minimum atomic E-state index is -0.330. The zero-order chi connectivity index (χ0) is 17.5. The molecule has 2 aromatic rings. The lowest BCUT2D eigenvalue weighted by Crippen LogP contribution is -2.31. The van der Waals surface area contributed by atoms with Crippen LogP contribution in [0.25, 0.3) is 0 Å². The molecule has 0 radical (unpaired) electrons. The maximum atomic E-state index is 12.4. The van der Waals surface area contributed by atoms with Crippen molar-refractivity contribution in [3.05, 3.63) is 53.9 Å². The normalized spacial score (nSPS) is 10.3. The van der Waals surface area contributed by atoms with Crippen LogP contribution in [0.2, 0.25) is 0 Å². The second-order valence-corrected chi connectivity index (χ2v) is 5.44. The van der Waals surface area contributed by atoms with Crippen LogP contribution in [0.15, 0.2) is 42.6 Å². The summed E-state index contributed by atoms with van der Waals surface area (Å²) in [5.41, 5.74) is 1.13. The van der Waals surface area contributed by atoms with Crippen LogP contribution in [0, 0.1) is 0 Å². The number of carbonyl (C=O) groups excluding carboxylic acids is 2. The fourth-order valence-corrected chi connectivity index (χ4v) is 2.08. The third-order valence-corrected chi connectivity index (χ3v) is 3.11. The highest BCUT2D eigenvalue weighted by Gasteiger charge is 2.14. The van der Waals surface area contributed by atoms with Gasteiger partial charge in [0.1, 0.15) is 11.4 Å². The molecule has 0 saturated carbocycles. The molecule has 0 fully saturated rings. The number of rotatable bonds is 6. The van der Waals surface area contributed by atoms with Gasteiger partial charge < -0.3 is 15.4 Å². The zero-order valence-corrected chi connectivity index (χ0v) is 14.0. The molecule has 0 aliphatic heterocycles. The highest BCUT2D eigenvalue weighted by Crippen LogP contribution is 2.24. The van der Waals surface area contributed by atoms with E-state index in [1.54, 1.807) is 18.2 Å². The molecule has 0 saturated heterocycles. The third kappa shape index (κ3) is 4.55. The van der Waals surface area contributed by atoms with E-state index in [0.29, 0.717) is 23.6 Å². The summed E-state index contributed by atoms with van der Waals surface area (Å²) < 4.78 is 5.49. The van der Waals surface area contributed by atoms with Crippen molar-refractivity contribution in [1.29, 1.82) is 0 Å². The summed E-state index contributed by atoms with van der Waals surface area (Å²) in [6.07, 6.45) is 1.44. The van der Waals surface area contributed by atoms with E-state index in [1.165, 1.54) is 12.3 Å². The SMILES string of the molecule is CCOc1ccccc1NC(=O)c1ccnc(C(=O)NC(C)C)c1. The second kappa shape index (κ2) is 8.10. The number of nitrogens with one attached hydrogen (secondary N) is 2. The van der Waals surface area contributed by atoms with Crippen molar-refractivity contribution in [2.75, 3.05) is 11.9 Å². The van der Waals surface area contributed by atoms with E-state index in [9.17, 15) is 9.59 Å². The number of nitrogens with zero attached hydrogens (tertiary/aromatic N) is 1. The Bertz CT molecular complexity index is 729. The first kappa shape index (κ1) is 17.5. The minimum absolute atomic E-state index is 0.00477. The molecule has 0 aliphatic carbocycles. The van der Waals surface area contributed by atoms with Gasteiger partial charge in [-0.3, -0.25) is 14.6 Å². The number of pyridine rings is 1. The quantitative estimate of drug-likeness (QED) is 0.855. The first-order valence-electron chi connectivity index (χ1n) is 7.81. The average Bonchev–Trinajstić information content (AvgIpc) is 2.56. The molecule has 24 heavy (non-hydrogen) atoms. The van der Waals surface area contributed by atoms with Crippen LogP contribution in [-0.4, -0.2) is 29.4 Å². The molecule has 0 aliphatic rings. The number of carbonyl (C=O) groups is 2. The molecule has 1 aromatic heterocycles. The van der Waals surface area contributed by atoms with E-state index in [-0.39, 0.29) is 23.6 Å². The number of anilines is 1. The van der Waals surface area contributed by atoms with E-state index in [2.05, 4.69) is 15.6 Å². The Kier molecular flexibility index (Phi) is 5.89. The van der Waals surface area contributed by atoms with Crippen molar-refractivity contribution in [3.63, 3.8) is 0 Å². The predicted molar refractivity (Wildman–Crippen MR) is 92.4 cm³/mol. The number of ether oxygens (including phenoxy) is 1. The van der Waals surface area contributed by atoms with Gasteiger partial charge in [-0.2, -0.15) is 0 Å². The van der Waals surface area contributed by atoms with Crippen LogP contribution in [-0.2, 0) is 0 Å². The van der Waals surface area contributed by atoms with Gasteiger partial charge in [0.25, 0.3) is 11.8 Å². The molecule has 1 heterocycles. The summed E-state index contributed by atoms with van der Waals surface area (Å²) in [7, 11) is 0. The molecular weight excluding hydrogens is 306 g/mol. The molecule has 2 N–H and O–H groups in total. The Balaban J connectivity index is 2.17. The minimum Gasteiger partial charge on any atom is -0.492 e. The van der Waals surface area contributed by atoms with E-state index in [0.717, 1.165) is 0 Å². The summed E-state index contributed by atoms with van der Waals surface area (Å²) in [6, 6.07) is 10.2. The van der Waals surface area contributed by atoms with Gasteiger partial charge in [-0.15, -0.1) is 0 Å². The molecule has 0 unspecified atom stereocenters. The Hall–Kier alpha value is -2.89. The Morgan fingerprint density at radius 3 is 2.62 bits per heavy atom. The van der Waals surface area contributed by atoms with E-state index in [4.69, 9.17) is 4.74 Å². The summed E-state index contributed by atoms with van der Waals surface area (Å²) in [4.78, 5) is 28.5. The van der Waals surface area contributed by atoms with Gasteiger partial charge in [0.2, 0.25) is 0 Å². The Morgan fingerprint density at radius 2 is 1.92 bits per heavy atom. The predicted octanol–water partition coefficient (Wildman–Crippen LogP) is 2.87. The largest absolute Gasteiger partial charge is 0.492 e. The summed E-state index contributed by atoms with van der Waals surface area (Å²) in [5, 5.41) is 5.54. The van der Waals surface area contributed by atoms with Crippen molar-refractivity contribution >= 4 is 17.5 Å². The van der Waals surface area contributed by atoms with Crippen LogP contribution < -0.4 is 15.4 Å². The standard InChI is InChI=1S/C18H21N3O3/c1-4-24-16-8-6-5-7-14(16)21-17(22)13-9-10-19-15(11-13)18(23)20-12(2)3/h5-12H,4H2,1-3H3,(H,20,23)(H,21,22). The van der Waals surface area contributed by atoms with Gasteiger partial charge in [0.15, 0.2) is 0 Å². The highest BCUT2D eigenvalue weighted by atomic mass is 16.5. The van der Waals surface area contributed by atoms with Crippen molar-refractivity contribution in [1.82, 2.24) is 10.3 Å². The summed E-state index contributed by atoms with van der Waals surface area (Å²) >= 11 is 0. The number of benzene rings is 1. The van der Waals surface area contributed by atoms with Gasteiger partial charge >= 0.3 is 0 Å². The van der Waals surface area contributed by atoms with Crippen LogP contribution in [0.4, 0.5) is 5.69 Å². The third-order valence-electron chi connectivity index (χ3n) is 3.11. The van der Waals surface area contributed by atoms with Gasteiger partial charge in [-0.1, -0.05) is 12.1 Å². The smallest absolute Gasteiger partial charge is 0.270 e. The van der Waals surface area contributed by atoms with E-state index < -0.39 is 0 Å². The van der Waals surface area contributed by atoms with Crippen molar-refractivity contribution in [2.24, 2.45) is 0 Å². The summed E-state index contributed by atoms with van der Waals surface area (Å²) in [5.74, 6) is -0.0438. The van der Waals surface area contributed by atoms with Gasteiger partial charge in [0, 0.05) is 17.8 Å². The fraction of sp³-hybridized carbons (Fsp3) is 0.278. The monoisotopic (exact) mass is 327 g/mol. The number of amides is 2. The molecule has 6 heteroatoms. The van der Waals surface area contributed by atoms with Crippen LogP contribution in [0.1, 0.15) is 41.6 Å². The average molecular weight is 327 g/mol. The van der Waals surface area contributed by atoms with Gasteiger partial charge in [0.05, 0.1) is 12.3 Å². The first-order chi connectivity index (χ1) is 11.5.